The second-order valence-electron chi connectivity index (χ2n) is 6.35. The van der Waals surface area contributed by atoms with Crippen LogP contribution in [0.4, 0.5) is 0 Å². The Hall–Kier alpha value is -0.0800. The maximum Gasteiger partial charge on any atom is 0.0496 e. The molecule has 0 spiro atoms. The van der Waals surface area contributed by atoms with E-state index < -0.39 is 0 Å². The fourth-order valence-corrected chi connectivity index (χ4v) is 3.42. The summed E-state index contributed by atoms with van der Waals surface area (Å²) in [7, 11) is 3.68. The molecule has 0 heterocycles. The van der Waals surface area contributed by atoms with E-state index in [1.54, 1.807) is 0 Å². The van der Waals surface area contributed by atoms with E-state index in [0.717, 1.165) is 25.0 Å². The molecule has 2 nitrogen and oxygen atoms in total. The van der Waals surface area contributed by atoms with Gasteiger partial charge in [0.15, 0.2) is 0 Å². The highest BCUT2D eigenvalue weighted by molar-refractivity contribution is 4.81. The monoisotopic (exact) mass is 256 g/mol. The first-order valence-electron chi connectivity index (χ1n) is 7.66. The highest BCUT2D eigenvalue weighted by Crippen LogP contribution is 2.37. The van der Waals surface area contributed by atoms with Crippen LogP contribution < -0.4 is 0 Å². The van der Waals surface area contributed by atoms with Gasteiger partial charge in [0.1, 0.15) is 0 Å². The second kappa shape index (κ2) is 8.92. The van der Waals surface area contributed by atoms with Crippen molar-refractivity contribution in [2.45, 2.75) is 52.4 Å². The summed E-state index contributed by atoms with van der Waals surface area (Å²) in [6, 6.07) is 0. The Morgan fingerprint density at radius 1 is 0.944 bits per heavy atom. The number of ether oxygens (including phenoxy) is 2. The van der Waals surface area contributed by atoms with Gasteiger partial charge >= 0.3 is 0 Å². The van der Waals surface area contributed by atoms with Gasteiger partial charge in [0, 0.05) is 27.4 Å². The van der Waals surface area contributed by atoms with Crippen LogP contribution in [0, 0.1) is 23.7 Å². The van der Waals surface area contributed by atoms with Crippen molar-refractivity contribution in [2.75, 3.05) is 27.4 Å². The van der Waals surface area contributed by atoms with Crippen molar-refractivity contribution >= 4 is 0 Å². The van der Waals surface area contributed by atoms with Gasteiger partial charge in [-0.15, -0.1) is 0 Å². The molecule has 1 aliphatic rings. The molecule has 0 amide bonds. The zero-order valence-electron chi connectivity index (χ0n) is 12.8. The largest absolute Gasteiger partial charge is 0.384 e. The van der Waals surface area contributed by atoms with Crippen molar-refractivity contribution in [1.29, 1.82) is 0 Å². The summed E-state index contributed by atoms with van der Waals surface area (Å²) in [5.41, 5.74) is 0. The van der Waals surface area contributed by atoms with Gasteiger partial charge in [-0.3, -0.25) is 0 Å². The number of methoxy groups -OCH3 is 2. The van der Waals surface area contributed by atoms with Crippen LogP contribution in [0.3, 0.4) is 0 Å². The molecule has 0 N–H and O–H groups in total. The highest BCUT2D eigenvalue weighted by Gasteiger charge is 2.31. The fourth-order valence-electron chi connectivity index (χ4n) is 3.42. The van der Waals surface area contributed by atoms with E-state index >= 15 is 0 Å². The minimum absolute atomic E-state index is 0.681. The lowest BCUT2D eigenvalue weighted by Crippen LogP contribution is -2.29. The molecule has 0 aromatic heterocycles. The highest BCUT2D eigenvalue weighted by atomic mass is 16.5. The average Bonchev–Trinajstić information content (AvgIpc) is 2.85. The van der Waals surface area contributed by atoms with Crippen LogP contribution in [0.15, 0.2) is 0 Å². The minimum atomic E-state index is 0.681. The Morgan fingerprint density at radius 3 is 2.06 bits per heavy atom. The molecular formula is C16H32O2. The van der Waals surface area contributed by atoms with Gasteiger partial charge < -0.3 is 9.47 Å². The van der Waals surface area contributed by atoms with Crippen LogP contribution >= 0.6 is 0 Å². The molecule has 0 radical (unpaired) electrons. The third kappa shape index (κ3) is 5.27. The first-order valence-corrected chi connectivity index (χ1v) is 7.66. The topological polar surface area (TPSA) is 18.5 Å². The summed E-state index contributed by atoms with van der Waals surface area (Å²) in [5.74, 6) is 3.05. The van der Waals surface area contributed by atoms with E-state index in [2.05, 4.69) is 13.8 Å². The van der Waals surface area contributed by atoms with E-state index in [9.17, 15) is 0 Å². The van der Waals surface area contributed by atoms with Crippen LogP contribution in [0.25, 0.3) is 0 Å². The van der Waals surface area contributed by atoms with E-state index in [4.69, 9.17) is 9.47 Å². The maximum atomic E-state index is 5.49. The SMILES string of the molecule is COCC(CCC(C)C)C(COC)C1CCCC1. The van der Waals surface area contributed by atoms with Crippen LogP contribution in [-0.4, -0.2) is 27.4 Å². The van der Waals surface area contributed by atoms with Crippen molar-refractivity contribution < 1.29 is 9.47 Å². The molecule has 2 heteroatoms. The van der Waals surface area contributed by atoms with E-state index in [-0.39, 0.29) is 0 Å². The summed E-state index contributed by atoms with van der Waals surface area (Å²) < 4.78 is 11.0. The molecule has 0 saturated heterocycles. The zero-order chi connectivity index (χ0) is 13.4. The average molecular weight is 256 g/mol. The van der Waals surface area contributed by atoms with Crippen molar-refractivity contribution in [3.8, 4) is 0 Å². The summed E-state index contributed by atoms with van der Waals surface area (Å²) in [5, 5.41) is 0. The molecule has 1 aliphatic carbocycles. The lowest BCUT2D eigenvalue weighted by Gasteiger charge is -2.31. The van der Waals surface area contributed by atoms with Crippen molar-refractivity contribution in [3.63, 3.8) is 0 Å². The normalized spacial score (nSPS) is 20.5. The van der Waals surface area contributed by atoms with Crippen molar-refractivity contribution in [2.24, 2.45) is 23.7 Å². The van der Waals surface area contributed by atoms with Crippen LogP contribution in [-0.2, 0) is 9.47 Å². The van der Waals surface area contributed by atoms with Crippen LogP contribution in [0.5, 0.6) is 0 Å². The van der Waals surface area contributed by atoms with Crippen molar-refractivity contribution in [3.05, 3.63) is 0 Å². The first kappa shape index (κ1) is 16.0. The molecule has 2 atom stereocenters. The molecule has 0 aromatic rings. The van der Waals surface area contributed by atoms with Gasteiger partial charge in [0.05, 0.1) is 0 Å². The van der Waals surface area contributed by atoms with Gasteiger partial charge in [-0.2, -0.15) is 0 Å². The minimum Gasteiger partial charge on any atom is -0.384 e. The molecule has 18 heavy (non-hydrogen) atoms. The zero-order valence-corrected chi connectivity index (χ0v) is 12.8. The fraction of sp³-hybridized carbons (Fsp3) is 1.00. The van der Waals surface area contributed by atoms with Crippen molar-refractivity contribution in [1.82, 2.24) is 0 Å². The summed E-state index contributed by atoms with van der Waals surface area (Å²) in [6.45, 7) is 6.43. The lowest BCUT2D eigenvalue weighted by molar-refractivity contribution is 0.0356. The Labute approximate surface area is 113 Å². The van der Waals surface area contributed by atoms with Crippen LogP contribution in [0.1, 0.15) is 52.4 Å². The van der Waals surface area contributed by atoms with Gasteiger partial charge in [0.25, 0.3) is 0 Å². The standard InChI is InChI=1S/C16H32O2/c1-13(2)9-10-15(11-17-3)16(12-18-4)14-7-5-6-8-14/h13-16H,5-12H2,1-4H3. The quantitative estimate of drug-likeness (QED) is 0.617. The molecule has 108 valence electrons. The van der Waals surface area contributed by atoms with E-state index in [1.165, 1.54) is 38.5 Å². The summed E-state index contributed by atoms with van der Waals surface area (Å²) in [6.07, 6.45) is 8.21. The Bertz CT molecular complexity index is 197. The predicted molar refractivity (Wildman–Crippen MR) is 76.8 cm³/mol. The Morgan fingerprint density at radius 2 is 1.56 bits per heavy atom. The van der Waals surface area contributed by atoms with Crippen LogP contribution in [0.2, 0.25) is 0 Å². The summed E-state index contributed by atoms with van der Waals surface area (Å²) in [4.78, 5) is 0. The van der Waals surface area contributed by atoms with Gasteiger partial charge in [-0.05, 0) is 30.1 Å². The van der Waals surface area contributed by atoms with Gasteiger partial charge in [-0.1, -0.05) is 46.0 Å². The molecule has 0 aliphatic heterocycles. The third-order valence-electron chi connectivity index (χ3n) is 4.47. The number of rotatable bonds is 9. The summed E-state index contributed by atoms with van der Waals surface area (Å²) >= 11 is 0. The smallest absolute Gasteiger partial charge is 0.0496 e. The number of hydrogen-bond acceptors (Lipinski definition) is 2. The lowest BCUT2D eigenvalue weighted by atomic mass is 9.78. The molecule has 1 saturated carbocycles. The van der Waals surface area contributed by atoms with E-state index in [1.807, 2.05) is 14.2 Å². The Kier molecular flexibility index (Phi) is 7.92. The molecule has 0 aromatic carbocycles. The first-order chi connectivity index (χ1) is 8.69. The molecule has 2 unspecified atom stereocenters. The van der Waals surface area contributed by atoms with E-state index in [0.29, 0.717) is 11.8 Å². The molecule has 1 fully saturated rings. The molecular weight excluding hydrogens is 224 g/mol. The number of hydrogen-bond donors (Lipinski definition) is 0. The second-order valence-corrected chi connectivity index (χ2v) is 6.35. The molecule has 1 rings (SSSR count). The maximum absolute atomic E-state index is 5.49. The van der Waals surface area contributed by atoms with Gasteiger partial charge in [0.2, 0.25) is 0 Å². The predicted octanol–water partition coefficient (Wildman–Crippen LogP) is 4.14. The van der Waals surface area contributed by atoms with Gasteiger partial charge in [-0.25, -0.2) is 0 Å². The Balaban J connectivity index is 2.56. The third-order valence-corrected chi connectivity index (χ3v) is 4.47. The molecule has 0 bridgehead atoms.